The van der Waals surface area contributed by atoms with Gasteiger partial charge in [0, 0.05) is 12.8 Å². The number of unbranched alkanes of at least 4 members (excludes halogenated alkanes) is 8. The molecule has 0 heterocycles. The standard InChI is InChI=1S/C43H73O12P/c1-4-5-19-27-38(45)29-22-17-18-23-30-39(46)28-21-14-11-12-15-24-31-42(48)52-35-41(36-54-56(50,51)53-34-40(47)33-44)55-43(49)32-25-16-10-8-6-7-9-13-20-26-37(2)3/h5,12,14-15,17-19,21-23,29-30,37-41,44-47H,4,6-11,13,16,20,24-28,31-36H2,1-3H3,(H,50,51)/b15-12-,18-17-,19-5-,21-14-,29-22+,30-23+/t38-,39+,40+,41-/m1/s1. The van der Waals surface area contributed by atoms with E-state index in [1.807, 2.05) is 43.4 Å². The number of aliphatic hydroxyl groups excluding tert-OH is 4. The van der Waals surface area contributed by atoms with Gasteiger partial charge in [0.1, 0.15) is 12.7 Å². The van der Waals surface area contributed by atoms with Crippen LogP contribution in [0, 0.1) is 5.92 Å². The van der Waals surface area contributed by atoms with Gasteiger partial charge in [0.15, 0.2) is 6.10 Å². The van der Waals surface area contributed by atoms with Crippen molar-refractivity contribution in [1.29, 1.82) is 0 Å². The monoisotopic (exact) mass is 812 g/mol. The Morgan fingerprint density at radius 1 is 0.661 bits per heavy atom. The summed E-state index contributed by atoms with van der Waals surface area (Å²) in [6.45, 7) is 4.24. The third-order valence-electron chi connectivity index (χ3n) is 8.23. The lowest BCUT2D eigenvalue weighted by molar-refractivity contribution is -0.161. The molecule has 0 aliphatic rings. The topological polar surface area (TPSA) is 189 Å². The maximum Gasteiger partial charge on any atom is 0.472 e. The van der Waals surface area contributed by atoms with Gasteiger partial charge in [0.25, 0.3) is 0 Å². The lowest BCUT2D eigenvalue weighted by Gasteiger charge is -2.20. The second-order valence-corrected chi connectivity index (χ2v) is 15.6. The molecule has 0 aliphatic carbocycles. The predicted molar refractivity (Wildman–Crippen MR) is 222 cm³/mol. The summed E-state index contributed by atoms with van der Waals surface area (Å²) < 4.78 is 32.5. The molecular weight excluding hydrogens is 739 g/mol. The fraction of sp³-hybridized carbons (Fsp3) is 0.674. The molecule has 0 bridgehead atoms. The minimum Gasteiger partial charge on any atom is -0.462 e. The van der Waals surface area contributed by atoms with Crippen LogP contribution in [0.1, 0.15) is 130 Å². The largest absolute Gasteiger partial charge is 0.472 e. The number of aliphatic hydroxyl groups is 4. The molecule has 0 spiro atoms. The van der Waals surface area contributed by atoms with Gasteiger partial charge in [-0.3, -0.25) is 18.6 Å². The molecule has 0 aromatic carbocycles. The Morgan fingerprint density at radius 2 is 1.21 bits per heavy atom. The number of hydrogen-bond acceptors (Lipinski definition) is 11. The number of allylic oxidation sites excluding steroid dienone is 8. The number of carbonyl (C=O) groups is 2. The van der Waals surface area contributed by atoms with Crippen LogP contribution in [0.4, 0.5) is 0 Å². The smallest absolute Gasteiger partial charge is 0.462 e. The van der Waals surface area contributed by atoms with Gasteiger partial charge in [-0.05, 0) is 44.4 Å². The third-order valence-corrected chi connectivity index (χ3v) is 9.18. The van der Waals surface area contributed by atoms with Crippen LogP contribution in [-0.4, -0.2) is 88.1 Å². The van der Waals surface area contributed by atoms with Crippen molar-refractivity contribution in [3.05, 3.63) is 72.9 Å². The van der Waals surface area contributed by atoms with E-state index in [1.54, 1.807) is 36.5 Å². The van der Waals surface area contributed by atoms with E-state index in [-0.39, 0.29) is 12.8 Å². The number of ether oxygens (including phenoxy) is 2. The Hall–Kier alpha value is -2.67. The molecule has 56 heavy (non-hydrogen) atoms. The van der Waals surface area contributed by atoms with Gasteiger partial charge in [0.2, 0.25) is 0 Å². The molecule has 0 fully saturated rings. The van der Waals surface area contributed by atoms with Crippen molar-refractivity contribution >= 4 is 19.8 Å². The zero-order valence-electron chi connectivity index (χ0n) is 34.2. The Labute approximate surface area is 336 Å². The predicted octanol–water partition coefficient (Wildman–Crippen LogP) is 8.29. The fourth-order valence-corrected chi connectivity index (χ4v) is 5.81. The van der Waals surface area contributed by atoms with Gasteiger partial charge in [-0.15, -0.1) is 0 Å². The molecule has 0 saturated heterocycles. The van der Waals surface area contributed by atoms with Crippen molar-refractivity contribution < 1.29 is 58.0 Å². The SMILES string of the molecule is CC/C=C\C[C@@H](O)/C=C/C=C\C=C\[C@@H](O)C/C=C\C/C=C\CCC(=O)OC[C@H](COP(=O)(O)OC[C@@H](O)CO)OC(=O)CCCCCCCCCCCC(C)C. The van der Waals surface area contributed by atoms with Crippen molar-refractivity contribution in [3.8, 4) is 0 Å². The molecule has 0 aromatic heterocycles. The average Bonchev–Trinajstić information content (AvgIpc) is 3.16. The maximum atomic E-state index is 12.6. The highest BCUT2D eigenvalue weighted by Crippen LogP contribution is 2.43. The number of phosphoric ester groups is 1. The van der Waals surface area contributed by atoms with E-state index in [4.69, 9.17) is 19.1 Å². The zero-order chi connectivity index (χ0) is 41.7. The van der Waals surface area contributed by atoms with E-state index in [1.165, 1.54) is 38.5 Å². The van der Waals surface area contributed by atoms with Crippen molar-refractivity contribution in [2.24, 2.45) is 5.92 Å². The number of phosphoric acid groups is 1. The van der Waals surface area contributed by atoms with E-state index in [0.29, 0.717) is 32.1 Å². The minimum absolute atomic E-state index is 0.0570. The summed E-state index contributed by atoms with van der Waals surface area (Å²) in [5.41, 5.74) is 0. The number of hydrogen-bond donors (Lipinski definition) is 5. The van der Waals surface area contributed by atoms with Crippen LogP contribution in [0.15, 0.2) is 72.9 Å². The summed E-state index contributed by atoms with van der Waals surface area (Å²) in [5, 5.41) is 38.2. The van der Waals surface area contributed by atoms with E-state index in [0.717, 1.165) is 31.6 Å². The lowest BCUT2D eigenvalue weighted by atomic mass is 10.0. The molecule has 5 atom stereocenters. The molecule has 12 nitrogen and oxygen atoms in total. The fourth-order valence-electron chi connectivity index (χ4n) is 5.02. The van der Waals surface area contributed by atoms with Gasteiger partial charge in [0.05, 0.1) is 32.0 Å². The van der Waals surface area contributed by atoms with Crippen LogP contribution >= 0.6 is 7.82 Å². The van der Waals surface area contributed by atoms with E-state index < -0.39 is 70.6 Å². The number of rotatable bonds is 36. The highest BCUT2D eigenvalue weighted by molar-refractivity contribution is 7.47. The Balaban J connectivity index is 4.57. The van der Waals surface area contributed by atoms with Crippen molar-refractivity contribution in [2.45, 2.75) is 154 Å². The van der Waals surface area contributed by atoms with Crippen molar-refractivity contribution in [3.63, 3.8) is 0 Å². The van der Waals surface area contributed by atoms with E-state index in [2.05, 4.69) is 18.4 Å². The summed E-state index contributed by atoms with van der Waals surface area (Å²) >= 11 is 0. The van der Waals surface area contributed by atoms with Gasteiger partial charge < -0.3 is 34.8 Å². The quantitative estimate of drug-likeness (QED) is 0.0134. The molecule has 13 heteroatoms. The molecule has 322 valence electrons. The van der Waals surface area contributed by atoms with Gasteiger partial charge in [-0.2, -0.15) is 0 Å². The Morgan fingerprint density at radius 3 is 1.80 bits per heavy atom. The van der Waals surface area contributed by atoms with Gasteiger partial charge in [-0.25, -0.2) is 4.57 Å². The molecule has 1 unspecified atom stereocenters. The van der Waals surface area contributed by atoms with Crippen LogP contribution in [0.3, 0.4) is 0 Å². The number of esters is 2. The third kappa shape index (κ3) is 36.9. The first-order valence-corrected chi connectivity index (χ1v) is 22.0. The summed E-state index contributed by atoms with van der Waals surface area (Å²) in [6, 6.07) is 0. The summed E-state index contributed by atoms with van der Waals surface area (Å²) in [7, 11) is -4.66. The summed E-state index contributed by atoms with van der Waals surface area (Å²) in [4.78, 5) is 34.9. The second-order valence-electron chi connectivity index (χ2n) is 14.2. The highest BCUT2D eigenvalue weighted by atomic mass is 31.2. The minimum atomic E-state index is -4.66. The van der Waals surface area contributed by atoms with Crippen LogP contribution in [0.5, 0.6) is 0 Å². The average molecular weight is 813 g/mol. The van der Waals surface area contributed by atoms with E-state index in [9.17, 15) is 34.4 Å². The molecule has 0 aromatic rings. The highest BCUT2D eigenvalue weighted by Gasteiger charge is 2.27. The maximum absolute atomic E-state index is 12.6. The molecule has 0 amide bonds. The normalized spacial score (nSPS) is 15.9. The molecule has 0 rings (SSSR count). The van der Waals surface area contributed by atoms with Crippen molar-refractivity contribution in [2.75, 3.05) is 26.4 Å². The summed E-state index contributed by atoms with van der Waals surface area (Å²) in [5.74, 6) is -0.344. The van der Waals surface area contributed by atoms with Gasteiger partial charge in [-0.1, -0.05) is 151 Å². The summed E-state index contributed by atoms with van der Waals surface area (Å²) in [6.07, 6.45) is 32.5. The Bertz CT molecular complexity index is 1210. The van der Waals surface area contributed by atoms with Crippen LogP contribution in [0.2, 0.25) is 0 Å². The lowest BCUT2D eigenvalue weighted by Crippen LogP contribution is -2.29. The van der Waals surface area contributed by atoms with E-state index >= 15 is 0 Å². The molecule has 5 N–H and O–H groups in total. The molecular formula is C43H73O12P. The molecule has 0 radical (unpaired) electrons. The first-order valence-electron chi connectivity index (χ1n) is 20.5. The first kappa shape index (κ1) is 53.3. The molecule has 0 aliphatic heterocycles. The van der Waals surface area contributed by atoms with Crippen LogP contribution in [0.25, 0.3) is 0 Å². The van der Waals surface area contributed by atoms with Crippen LogP contribution < -0.4 is 0 Å². The molecule has 0 saturated carbocycles. The Kier molecular flexibility index (Phi) is 34.9. The van der Waals surface area contributed by atoms with Crippen molar-refractivity contribution in [1.82, 2.24) is 0 Å². The zero-order valence-corrected chi connectivity index (χ0v) is 35.1. The van der Waals surface area contributed by atoms with Crippen LogP contribution in [-0.2, 0) is 32.7 Å². The van der Waals surface area contributed by atoms with Gasteiger partial charge >= 0.3 is 19.8 Å². The first-order chi connectivity index (χ1) is 26.9. The second kappa shape index (κ2) is 36.7. The number of carbonyl (C=O) groups excluding carboxylic acids is 2.